The largest absolute Gasteiger partial charge is 0.309 e. The van der Waals surface area contributed by atoms with Gasteiger partial charge in [-0.1, -0.05) is 72.8 Å². The molecule has 9 aromatic rings. The molecule has 50 heavy (non-hydrogen) atoms. The summed E-state index contributed by atoms with van der Waals surface area (Å²) in [5.74, 6) is 0. The van der Waals surface area contributed by atoms with Crippen LogP contribution in [0.25, 0.3) is 77.2 Å². The maximum atomic E-state index is 9.90. The van der Waals surface area contributed by atoms with E-state index >= 15 is 0 Å². The van der Waals surface area contributed by atoms with Crippen LogP contribution in [0, 0.1) is 34.0 Å². The molecule has 7 aromatic carbocycles. The first-order valence-corrected chi connectivity index (χ1v) is 16.3. The number of hydrogen-bond donors (Lipinski definition) is 0. The van der Waals surface area contributed by atoms with Gasteiger partial charge in [0, 0.05) is 32.8 Å². The van der Waals surface area contributed by atoms with Crippen molar-refractivity contribution in [2.75, 3.05) is 0 Å². The fourth-order valence-electron chi connectivity index (χ4n) is 7.32. The zero-order valence-electron chi connectivity index (χ0n) is 26.7. The Kier molecular flexibility index (Phi) is 6.56. The van der Waals surface area contributed by atoms with Gasteiger partial charge >= 0.3 is 0 Å². The number of aromatic nitrogens is 2. The van der Waals surface area contributed by atoms with Crippen LogP contribution in [-0.2, 0) is 0 Å². The highest BCUT2D eigenvalue weighted by Gasteiger charge is 2.18. The summed E-state index contributed by atoms with van der Waals surface area (Å²) in [6, 6.07) is 58.0. The molecule has 0 aliphatic carbocycles. The van der Waals surface area contributed by atoms with Gasteiger partial charge in [-0.15, -0.1) is 0 Å². The lowest BCUT2D eigenvalue weighted by Gasteiger charge is -2.15. The first-order valence-electron chi connectivity index (χ1n) is 16.3. The second-order valence-electron chi connectivity index (χ2n) is 12.4. The maximum absolute atomic E-state index is 9.90. The Balaban J connectivity index is 1.18. The van der Waals surface area contributed by atoms with E-state index in [0.717, 1.165) is 55.4 Å². The molecule has 0 atom stereocenters. The van der Waals surface area contributed by atoms with Crippen molar-refractivity contribution in [3.8, 4) is 51.8 Å². The number of fused-ring (bicyclic) bond motifs is 6. The Morgan fingerprint density at radius 1 is 0.360 bits per heavy atom. The van der Waals surface area contributed by atoms with Crippen LogP contribution < -0.4 is 0 Å². The van der Waals surface area contributed by atoms with Crippen molar-refractivity contribution in [1.29, 1.82) is 15.8 Å². The van der Waals surface area contributed by atoms with E-state index in [1.165, 1.54) is 21.8 Å². The number of nitriles is 3. The maximum Gasteiger partial charge on any atom is 0.0991 e. The predicted octanol–water partition coefficient (Wildman–Crippen LogP) is 10.8. The lowest BCUT2D eigenvalue weighted by Crippen LogP contribution is -1.98. The number of nitrogens with zero attached hydrogens (tertiary/aromatic N) is 5. The molecule has 0 aliphatic rings. The van der Waals surface area contributed by atoms with E-state index in [1.54, 1.807) is 0 Å². The van der Waals surface area contributed by atoms with Gasteiger partial charge in [-0.2, -0.15) is 15.8 Å². The molecular weight excluding hydrogens is 611 g/mol. The highest BCUT2D eigenvalue weighted by molar-refractivity contribution is 6.11. The molecule has 0 aliphatic heterocycles. The van der Waals surface area contributed by atoms with Crippen molar-refractivity contribution < 1.29 is 0 Å². The molecule has 9 rings (SSSR count). The first kappa shape index (κ1) is 28.8. The Morgan fingerprint density at radius 3 is 1.48 bits per heavy atom. The summed E-state index contributed by atoms with van der Waals surface area (Å²) in [6.45, 7) is 0. The molecule has 2 heterocycles. The van der Waals surface area contributed by atoms with Gasteiger partial charge in [0.1, 0.15) is 0 Å². The quantitative estimate of drug-likeness (QED) is 0.193. The minimum atomic E-state index is 0.553. The molecule has 5 heteroatoms. The minimum Gasteiger partial charge on any atom is -0.309 e. The average Bonchev–Trinajstić information content (AvgIpc) is 3.69. The third-order valence-corrected chi connectivity index (χ3v) is 9.60. The first-order chi connectivity index (χ1) is 24.6. The van der Waals surface area contributed by atoms with E-state index in [0.29, 0.717) is 16.7 Å². The predicted molar refractivity (Wildman–Crippen MR) is 200 cm³/mol. The van der Waals surface area contributed by atoms with E-state index in [1.807, 2.05) is 54.6 Å². The second-order valence-corrected chi connectivity index (χ2v) is 12.4. The summed E-state index contributed by atoms with van der Waals surface area (Å²) in [7, 11) is 0. The van der Waals surface area contributed by atoms with E-state index in [2.05, 4.69) is 124 Å². The molecule has 2 aromatic heterocycles. The summed E-state index contributed by atoms with van der Waals surface area (Å²) in [5, 5.41) is 33.5. The minimum absolute atomic E-state index is 0.553. The normalized spacial score (nSPS) is 11.1. The lowest BCUT2D eigenvalue weighted by atomic mass is 9.97. The molecule has 0 unspecified atom stereocenters. The zero-order valence-corrected chi connectivity index (χ0v) is 26.7. The molecule has 230 valence electrons. The molecule has 0 amide bonds. The number of benzene rings is 7. The van der Waals surface area contributed by atoms with Gasteiger partial charge in [0.15, 0.2) is 0 Å². The fourth-order valence-corrected chi connectivity index (χ4v) is 7.32. The van der Waals surface area contributed by atoms with Crippen molar-refractivity contribution >= 4 is 43.6 Å². The van der Waals surface area contributed by atoms with Crippen molar-refractivity contribution in [1.82, 2.24) is 9.13 Å². The Hall–Kier alpha value is -7.39. The van der Waals surface area contributed by atoms with Crippen molar-refractivity contribution in [2.45, 2.75) is 0 Å². The Labute approximate surface area is 287 Å². The third kappa shape index (κ3) is 4.45. The molecule has 0 N–H and O–H groups in total. The molecule has 0 spiro atoms. The number of hydrogen-bond acceptors (Lipinski definition) is 3. The van der Waals surface area contributed by atoms with Crippen molar-refractivity contribution in [3.63, 3.8) is 0 Å². The van der Waals surface area contributed by atoms with Crippen molar-refractivity contribution in [2.24, 2.45) is 0 Å². The van der Waals surface area contributed by atoms with E-state index in [-0.39, 0.29) is 0 Å². The smallest absolute Gasteiger partial charge is 0.0991 e. The monoisotopic (exact) mass is 635 g/mol. The van der Waals surface area contributed by atoms with Crippen LogP contribution in [-0.4, -0.2) is 9.13 Å². The Bertz CT molecular complexity index is 2830. The average molecular weight is 636 g/mol. The van der Waals surface area contributed by atoms with Crippen LogP contribution >= 0.6 is 0 Å². The molecule has 5 nitrogen and oxygen atoms in total. The van der Waals surface area contributed by atoms with Gasteiger partial charge in [0.05, 0.1) is 62.7 Å². The topological polar surface area (TPSA) is 81.2 Å². The van der Waals surface area contributed by atoms with E-state index in [4.69, 9.17) is 0 Å². The second kappa shape index (κ2) is 11.4. The third-order valence-electron chi connectivity index (χ3n) is 9.60. The summed E-state index contributed by atoms with van der Waals surface area (Å²) in [5.41, 5.74) is 11.9. The number of rotatable bonds is 4. The van der Waals surface area contributed by atoms with Crippen LogP contribution in [0.1, 0.15) is 16.7 Å². The Morgan fingerprint density at radius 2 is 0.880 bits per heavy atom. The lowest BCUT2D eigenvalue weighted by molar-refractivity contribution is 1.18. The molecule has 0 radical (unpaired) electrons. The zero-order chi connectivity index (χ0) is 33.8. The molecular formula is C45H25N5. The van der Waals surface area contributed by atoms with Gasteiger partial charge in [0.25, 0.3) is 0 Å². The standard InChI is InChI=1S/C45H25N5/c46-26-29-12-19-43(50-44-20-13-30(27-47)23-39(44)40-24-31(28-48)14-21-45(40)50)38(22-29)33-17-15-32(16-18-33)34-6-5-7-35(25-34)49-41-10-3-1-8-36(41)37-9-2-4-11-42(37)49/h1-25H. The highest BCUT2D eigenvalue weighted by Crippen LogP contribution is 2.38. The number of para-hydroxylation sites is 2. The summed E-state index contributed by atoms with van der Waals surface area (Å²) in [4.78, 5) is 0. The van der Waals surface area contributed by atoms with Crippen LogP contribution in [0.5, 0.6) is 0 Å². The highest BCUT2D eigenvalue weighted by atomic mass is 15.0. The van der Waals surface area contributed by atoms with Crippen LogP contribution in [0.2, 0.25) is 0 Å². The summed E-state index contributed by atoms with van der Waals surface area (Å²) in [6.07, 6.45) is 0. The summed E-state index contributed by atoms with van der Waals surface area (Å²) < 4.78 is 4.49. The SMILES string of the molecule is N#Cc1ccc(-n2c3ccc(C#N)cc3c3cc(C#N)ccc32)c(-c2ccc(-c3cccc(-n4c5ccccc5c5ccccc54)c3)cc2)c1. The van der Waals surface area contributed by atoms with Gasteiger partial charge in [-0.05, 0) is 95.6 Å². The summed E-state index contributed by atoms with van der Waals surface area (Å²) >= 11 is 0. The van der Waals surface area contributed by atoms with Gasteiger partial charge in [-0.25, -0.2) is 0 Å². The van der Waals surface area contributed by atoms with Gasteiger partial charge in [0.2, 0.25) is 0 Å². The fraction of sp³-hybridized carbons (Fsp3) is 0. The van der Waals surface area contributed by atoms with Crippen LogP contribution in [0.4, 0.5) is 0 Å². The van der Waals surface area contributed by atoms with E-state index in [9.17, 15) is 15.8 Å². The van der Waals surface area contributed by atoms with E-state index < -0.39 is 0 Å². The van der Waals surface area contributed by atoms with Crippen LogP contribution in [0.15, 0.2) is 152 Å². The molecule has 0 fully saturated rings. The van der Waals surface area contributed by atoms with Gasteiger partial charge in [-0.3, -0.25) is 0 Å². The molecule has 0 saturated heterocycles. The van der Waals surface area contributed by atoms with Crippen LogP contribution in [0.3, 0.4) is 0 Å². The van der Waals surface area contributed by atoms with Gasteiger partial charge < -0.3 is 9.13 Å². The molecule has 0 saturated carbocycles. The van der Waals surface area contributed by atoms with Crippen molar-refractivity contribution in [3.05, 3.63) is 168 Å². The molecule has 0 bridgehead atoms.